The number of hydrogen-bond donors (Lipinski definition) is 4. The van der Waals surface area contributed by atoms with Crippen LogP contribution in [0.3, 0.4) is 0 Å². The number of nitrogens with zero attached hydrogens (tertiary/aromatic N) is 2. The highest BCUT2D eigenvalue weighted by Crippen LogP contribution is 2.22. The van der Waals surface area contributed by atoms with Crippen molar-refractivity contribution in [3.63, 3.8) is 0 Å². The minimum atomic E-state index is 0.866. The quantitative estimate of drug-likeness (QED) is 0.320. The van der Waals surface area contributed by atoms with E-state index in [0.717, 1.165) is 57.0 Å². The van der Waals surface area contributed by atoms with Gasteiger partial charge in [0.05, 0.1) is 45.6 Å². The lowest BCUT2D eigenvalue weighted by Crippen LogP contribution is -2.04. The number of aliphatic imine (C=N–C) groups is 2. The van der Waals surface area contributed by atoms with Gasteiger partial charge in [-0.3, -0.25) is 0 Å². The Hall–Kier alpha value is -4.58. The Balaban J connectivity index is 1.19. The van der Waals surface area contributed by atoms with Gasteiger partial charge in [0.25, 0.3) is 0 Å². The van der Waals surface area contributed by atoms with Crippen LogP contribution in [0, 0.1) is 0 Å². The van der Waals surface area contributed by atoms with Crippen LogP contribution in [0.5, 0.6) is 0 Å². The first kappa shape index (κ1) is 18.2. The molecule has 0 spiro atoms. The Morgan fingerprint density at radius 2 is 1.03 bits per heavy atom. The van der Waals surface area contributed by atoms with Crippen molar-refractivity contribution >= 4 is 23.6 Å². The lowest BCUT2D eigenvalue weighted by molar-refractivity contribution is 1.31. The fourth-order valence-corrected chi connectivity index (χ4v) is 3.82. The van der Waals surface area contributed by atoms with Crippen molar-refractivity contribution in [1.29, 1.82) is 0 Å². The van der Waals surface area contributed by atoms with E-state index in [-0.39, 0.29) is 0 Å². The maximum Gasteiger partial charge on any atom is 0.0894 e. The summed E-state index contributed by atoms with van der Waals surface area (Å²) in [5.41, 5.74) is 9.77. The maximum atomic E-state index is 4.73. The molecule has 0 saturated heterocycles. The van der Waals surface area contributed by atoms with E-state index in [4.69, 9.17) is 9.98 Å². The molecule has 6 rings (SSSR count). The molecule has 4 aromatic heterocycles. The summed E-state index contributed by atoms with van der Waals surface area (Å²) in [6.45, 7) is 0. The van der Waals surface area contributed by atoms with Gasteiger partial charge in [0.15, 0.2) is 0 Å². The van der Waals surface area contributed by atoms with Crippen LogP contribution in [-0.4, -0.2) is 31.4 Å². The van der Waals surface area contributed by atoms with Gasteiger partial charge in [0.2, 0.25) is 0 Å². The summed E-state index contributed by atoms with van der Waals surface area (Å²) in [6.07, 6.45) is 15.9. The number of allylic oxidation sites excluding steroid dienone is 4. The first-order valence-corrected chi connectivity index (χ1v) is 10.4. The molecule has 154 valence electrons. The van der Waals surface area contributed by atoms with E-state index in [1.54, 1.807) is 0 Å². The van der Waals surface area contributed by atoms with Gasteiger partial charge in [-0.15, -0.1) is 0 Å². The Morgan fingerprint density at radius 1 is 0.531 bits per heavy atom. The number of rotatable bonds is 5. The molecule has 0 amide bonds. The van der Waals surface area contributed by atoms with Crippen molar-refractivity contribution < 1.29 is 0 Å². The predicted molar refractivity (Wildman–Crippen MR) is 130 cm³/mol. The summed E-state index contributed by atoms with van der Waals surface area (Å²) < 4.78 is 0. The molecule has 0 atom stereocenters. The molecule has 0 aromatic carbocycles. The highest BCUT2D eigenvalue weighted by atomic mass is 14.9. The van der Waals surface area contributed by atoms with E-state index < -0.39 is 0 Å². The SMILES string of the molecule is C1=C/C(=C/c2ccc(-c3ccc[nH]3)[nH]2)N=C1C1=N/C(=C\c2ccc(-c3ccc[nH]3)[nH]2)C=C1. The molecule has 2 aliphatic rings. The van der Waals surface area contributed by atoms with Gasteiger partial charge in [-0.2, -0.15) is 0 Å². The third-order valence-electron chi connectivity index (χ3n) is 5.39. The number of H-pyrrole nitrogens is 4. The van der Waals surface area contributed by atoms with Gasteiger partial charge in [-0.1, -0.05) is 0 Å². The van der Waals surface area contributed by atoms with Crippen LogP contribution in [0.2, 0.25) is 0 Å². The van der Waals surface area contributed by atoms with E-state index >= 15 is 0 Å². The molecule has 0 aliphatic carbocycles. The fourth-order valence-electron chi connectivity index (χ4n) is 3.82. The number of hydrogen-bond acceptors (Lipinski definition) is 2. The number of aromatic amines is 4. The fraction of sp³-hybridized carbons (Fsp3) is 0. The Morgan fingerprint density at radius 3 is 1.47 bits per heavy atom. The van der Waals surface area contributed by atoms with Crippen LogP contribution in [0.15, 0.2) is 107 Å². The van der Waals surface area contributed by atoms with Crippen LogP contribution in [0.4, 0.5) is 0 Å². The normalized spacial score (nSPS) is 17.6. The van der Waals surface area contributed by atoms with Gasteiger partial charge >= 0.3 is 0 Å². The molecule has 6 heterocycles. The molecule has 0 fully saturated rings. The topological polar surface area (TPSA) is 87.9 Å². The summed E-state index contributed by atoms with van der Waals surface area (Å²) >= 11 is 0. The third-order valence-corrected chi connectivity index (χ3v) is 5.39. The maximum absolute atomic E-state index is 4.73. The molecule has 6 nitrogen and oxygen atoms in total. The summed E-state index contributed by atoms with van der Waals surface area (Å²) in [7, 11) is 0. The minimum absolute atomic E-state index is 0.866. The minimum Gasteiger partial charge on any atom is -0.360 e. The zero-order chi connectivity index (χ0) is 21.3. The predicted octanol–water partition coefficient (Wildman–Crippen LogP) is 5.74. The first-order valence-electron chi connectivity index (χ1n) is 10.4. The smallest absolute Gasteiger partial charge is 0.0894 e. The van der Waals surface area contributed by atoms with E-state index in [1.807, 2.05) is 73.1 Å². The zero-order valence-electron chi connectivity index (χ0n) is 17.1. The van der Waals surface area contributed by atoms with Crippen LogP contribution < -0.4 is 0 Å². The van der Waals surface area contributed by atoms with Crippen molar-refractivity contribution in [3.8, 4) is 22.8 Å². The molecular formula is C26H20N6. The largest absolute Gasteiger partial charge is 0.360 e. The van der Waals surface area contributed by atoms with E-state index in [2.05, 4.69) is 44.2 Å². The molecule has 4 aromatic rings. The molecule has 0 saturated carbocycles. The zero-order valence-corrected chi connectivity index (χ0v) is 17.1. The highest BCUT2D eigenvalue weighted by molar-refractivity contribution is 6.52. The molecule has 32 heavy (non-hydrogen) atoms. The Bertz CT molecular complexity index is 1330. The molecule has 4 N–H and O–H groups in total. The van der Waals surface area contributed by atoms with Crippen LogP contribution >= 0.6 is 0 Å². The average molecular weight is 416 g/mol. The van der Waals surface area contributed by atoms with Crippen molar-refractivity contribution in [1.82, 2.24) is 19.9 Å². The number of aromatic nitrogens is 4. The Kier molecular flexibility index (Phi) is 4.32. The van der Waals surface area contributed by atoms with Crippen molar-refractivity contribution in [3.05, 3.63) is 108 Å². The average Bonchev–Trinajstić information content (AvgIpc) is 3.64. The van der Waals surface area contributed by atoms with Crippen LogP contribution in [0.25, 0.3) is 34.9 Å². The van der Waals surface area contributed by atoms with Crippen molar-refractivity contribution in [2.24, 2.45) is 9.98 Å². The van der Waals surface area contributed by atoms with Crippen molar-refractivity contribution in [2.75, 3.05) is 0 Å². The molecule has 6 heteroatoms. The second-order valence-electron chi connectivity index (χ2n) is 7.62. The first-order chi connectivity index (χ1) is 15.8. The van der Waals surface area contributed by atoms with Gasteiger partial charge in [0, 0.05) is 23.8 Å². The Labute approximate surface area is 184 Å². The standard InChI is InChI=1S/C26H20N6/c1-3-21(27-13-1)23-9-5-17(29-23)15-19-7-11-25(31-19)26-12-8-20(32-26)16-18-6-10-24(30-18)22-4-2-14-28-22/h1-16,27-30H/b19-15-,20-16-. The summed E-state index contributed by atoms with van der Waals surface area (Å²) in [5.74, 6) is 0. The van der Waals surface area contributed by atoms with Crippen LogP contribution in [-0.2, 0) is 0 Å². The summed E-state index contributed by atoms with van der Waals surface area (Å²) in [6, 6.07) is 16.3. The van der Waals surface area contributed by atoms with Crippen LogP contribution in [0.1, 0.15) is 11.4 Å². The lowest BCUT2D eigenvalue weighted by Gasteiger charge is -1.95. The highest BCUT2D eigenvalue weighted by Gasteiger charge is 2.14. The second-order valence-corrected chi connectivity index (χ2v) is 7.62. The monoisotopic (exact) mass is 416 g/mol. The van der Waals surface area contributed by atoms with E-state index in [0.29, 0.717) is 0 Å². The third kappa shape index (κ3) is 3.54. The van der Waals surface area contributed by atoms with Gasteiger partial charge in [-0.05, 0) is 85.0 Å². The molecule has 2 aliphatic heterocycles. The van der Waals surface area contributed by atoms with Gasteiger partial charge in [-0.25, -0.2) is 9.98 Å². The summed E-state index contributed by atoms with van der Waals surface area (Å²) in [4.78, 5) is 22.7. The van der Waals surface area contributed by atoms with E-state index in [1.165, 1.54) is 0 Å². The van der Waals surface area contributed by atoms with Gasteiger partial charge < -0.3 is 19.9 Å². The van der Waals surface area contributed by atoms with Crippen molar-refractivity contribution in [2.45, 2.75) is 0 Å². The van der Waals surface area contributed by atoms with Gasteiger partial charge in [0.1, 0.15) is 0 Å². The molecule has 0 unspecified atom stereocenters. The molecule has 0 bridgehead atoms. The summed E-state index contributed by atoms with van der Waals surface area (Å²) in [5, 5.41) is 0. The molecular weight excluding hydrogens is 396 g/mol. The number of nitrogens with one attached hydrogen (secondary N) is 4. The van der Waals surface area contributed by atoms with E-state index in [9.17, 15) is 0 Å². The molecule has 0 radical (unpaired) electrons. The lowest BCUT2D eigenvalue weighted by atomic mass is 10.2. The second kappa shape index (κ2) is 7.59.